The molecule has 0 aromatic carbocycles. The molecule has 4 rings (SSSR count). The lowest BCUT2D eigenvalue weighted by Crippen LogP contribution is -2.43. The molecule has 1 aromatic heterocycles. The fourth-order valence-electron chi connectivity index (χ4n) is 2.82. The van der Waals surface area contributed by atoms with E-state index in [2.05, 4.69) is 10.4 Å². The molecule has 80 valence electrons. The Labute approximate surface area is 88.7 Å². The molecule has 3 aliphatic rings. The quantitative estimate of drug-likeness (QED) is 0.763. The third-order valence-electron chi connectivity index (χ3n) is 3.64. The number of aromatic nitrogens is 2. The van der Waals surface area contributed by atoms with E-state index < -0.39 is 0 Å². The van der Waals surface area contributed by atoms with E-state index in [1.54, 1.807) is 4.68 Å². The van der Waals surface area contributed by atoms with E-state index in [0.717, 1.165) is 12.2 Å². The number of nitrogens with one attached hydrogen (secondary N) is 1. The van der Waals surface area contributed by atoms with Crippen LogP contribution in [0.3, 0.4) is 0 Å². The number of nitrogens with zero attached hydrogens (tertiary/aromatic N) is 2. The van der Waals surface area contributed by atoms with Crippen molar-refractivity contribution in [2.75, 3.05) is 6.54 Å². The van der Waals surface area contributed by atoms with Crippen LogP contribution in [0.2, 0.25) is 0 Å². The number of carbonyl (C=O) groups is 1. The Bertz CT molecular complexity index is 384. The summed E-state index contributed by atoms with van der Waals surface area (Å²) in [6.45, 7) is 1.03. The highest BCUT2D eigenvalue weighted by Gasteiger charge is 2.49. The number of aryl methyl sites for hydroxylation is 1. The topological polar surface area (TPSA) is 46.9 Å². The van der Waals surface area contributed by atoms with Gasteiger partial charge in [0.25, 0.3) is 0 Å². The number of Topliss-reactive ketones (excluding diaryl/α,β-unsaturated/α-hetero) is 1. The van der Waals surface area contributed by atoms with Gasteiger partial charge >= 0.3 is 0 Å². The Morgan fingerprint density at radius 2 is 2.60 bits per heavy atom. The molecule has 4 nitrogen and oxygen atoms in total. The highest BCUT2D eigenvalue weighted by molar-refractivity contribution is 5.85. The lowest BCUT2D eigenvalue weighted by molar-refractivity contribution is -0.126. The number of carbonyl (C=O) groups excluding carboxylic acids is 1. The fraction of sp³-hybridized carbons (Fsp3) is 0.636. The number of rotatable bonds is 3. The molecule has 4 heteroatoms. The van der Waals surface area contributed by atoms with Crippen LogP contribution in [0.4, 0.5) is 0 Å². The molecule has 2 saturated heterocycles. The fourth-order valence-corrected chi connectivity index (χ4v) is 2.82. The van der Waals surface area contributed by atoms with Crippen LogP contribution in [0.25, 0.3) is 0 Å². The van der Waals surface area contributed by atoms with Crippen molar-refractivity contribution >= 4 is 5.78 Å². The van der Waals surface area contributed by atoms with Crippen molar-refractivity contribution in [3.8, 4) is 0 Å². The van der Waals surface area contributed by atoms with E-state index in [9.17, 15) is 4.79 Å². The zero-order valence-corrected chi connectivity index (χ0v) is 8.81. The van der Waals surface area contributed by atoms with E-state index in [0.29, 0.717) is 24.2 Å². The first kappa shape index (κ1) is 9.09. The normalized spacial score (nSPS) is 32.7. The summed E-state index contributed by atoms with van der Waals surface area (Å²) in [5.41, 5.74) is 0.897. The van der Waals surface area contributed by atoms with Crippen molar-refractivity contribution in [3.05, 3.63) is 18.0 Å². The summed E-state index contributed by atoms with van der Waals surface area (Å²) in [5, 5.41) is 7.61. The first-order chi connectivity index (χ1) is 7.24. The second-order valence-electron chi connectivity index (χ2n) is 4.66. The van der Waals surface area contributed by atoms with Crippen molar-refractivity contribution in [1.29, 1.82) is 0 Å². The zero-order valence-electron chi connectivity index (χ0n) is 8.81. The predicted octanol–water partition coefficient (Wildman–Crippen LogP) is 0.140. The zero-order chi connectivity index (χ0) is 10.4. The van der Waals surface area contributed by atoms with Crippen LogP contribution in [0, 0.1) is 11.8 Å². The highest BCUT2D eigenvalue weighted by atomic mass is 16.1. The molecule has 2 bridgehead atoms. The van der Waals surface area contributed by atoms with Crippen LogP contribution in [0.5, 0.6) is 0 Å². The van der Waals surface area contributed by atoms with Gasteiger partial charge in [-0.15, -0.1) is 0 Å². The van der Waals surface area contributed by atoms with E-state index in [1.165, 1.54) is 6.42 Å². The van der Waals surface area contributed by atoms with E-state index in [-0.39, 0.29) is 5.92 Å². The minimum Gasteiger partial charge on any atom is -0.313 e. The van der Waals surface area contributed by atoms with Crippen LogP contribution in [-0.4, -0.2) is 28.2 Å². The van der Waals surface area contributed by atoms with Gasteiger partial charge in [-0.25, -0.2) is 0 Å². The van der Waals surface area contributed by atoms with E-state index in [4.69, 9.17) is 0 Å². The largest absolute Gasteiger partial charge is 0.313 e. The maximum Gasteiger partial charge on any atom is 0.143 e. The number of fused-ring (bicyclic) bond motifs is 1. The molecular formula is C11H15N3O. The molecule has 3 atom stereocenters. The molecule has 1 saturated carbocycles. The Morgan fingerprint density at radius 3 is 3.13 bits per heavy atom. The lowest BCUT2D eigenvalue weighted by atomic mass is 9.71. The average molecular weight is 205 g/mol. The molecule has 1 aliphatic carbocycles. The van der Waals surface area contributed by atoms with Gasteiger partial charge in [0.15, 0.2) is 0 Å². The molecule has 0 radical (unpaired) electrons. The summed E-state index contributed by atoms with van der Waals surface area (Å²) in [7, 11) is 1.88. The summed E-state index contributed by atoms with van der Waals surface area (Å²) in [5.74, 6) is 1.23. The molecule has 3 fully saturated rings. The molecule has 0 amide bonds. The van der Waals surface area contributed by atoms with Crippen LogP contribution >= 0.6 is 0 Å². The van der Waals surface area contributed by atoms with Gasteiger partial charge in [-0.2, -0.15) is 5.10 Å². The third kappa shape index (κ3) is 1.40. The van der Waals surface area contributed by atoms with Crippen LogP contribution in [0.15, 0.2) is 12.3 Å². The average Bonchev–Trinajstić information content (AvgIpc) is 2.79. The third-order valence-corrected chi connectivity index (χ3v) is 3.64. The van der Waals surface area contributed by atoms with Crippen molar-refractivity contribution < 1.29 is 4.79 Å². The summed E-state index contributed by atoms with van der Waals surface area (Å²) in [4.78, 5) is 12.0. The first-order valence-corrected chi connectivity index (χ1v) is 5.48. The van der Waals surface area contributed by atoms with Gasteiger partial charge in [0, 0.05) is 25.2 Å². The van der Waals surface area contributed by atoms with Crippen LogP contribution < -0.4 is 5.32 Å². The predicted molar refractivity (Wildman–Crippen MR) is 55.3 cm³/mol. The monoisotopic (exact) mass is 205 g/mol. The summed E-state index contributed by atoms with van der Waals surface area (Å²) in [6, 6.07) is 2.39. The second-order valence-corrected chi connectivity index (χ2v) is 4.66. The van der Waals surface area contributed by atoms with Gasteiger partial charge in [-0.3, -0.25) is 9.48 Å². The van der Waals surface area contributed by atoms with Crippen LogP contribution in [0.1, 0.15) is 12.1 Å². The maximum absolute atomic E-state index is 12.0. The molecule has 3 heterocycles. The van der Waals surface area contributed by atoms with Gasteiger partial charge in [0.1, 0.15) is 5.78 Å². The van der Waals surface area contributed by atoms with Gasteiger partial charge in [-0.05, 0) is 24.9 Å². The van der Waals surface area contributed by atoms with Crippen molar-refractivity contribution in [3.63, 3.8) is 0 Å². The van der Waals surface area contributed by atoms with Gasteiger partial charge in [0.05, 0.1) is 12.1 Å². The van der Waals surface area contributed by atoms with E-state index >= 15 is 0 Å². The summed E-state index contributed by atoms with van der Waals surface area (Å²) < 4.78 is 1.75. The van der Waals surface area contributed by atoms with Gasteiger partial charge in [-0.1, -0.05) is 0 Å². The molecular weight excluding hydrogens is 190 g/mol. The minimum absolute atomic E-state index is 0.270. The summed E-state index contributed by atoms with van der Waals surface area (Å²) >= 11 is 0. The van der Waals surface area contributed by atoms with Gasteiger partial charge < -0.3 is 5.32 Å². The standard InChI is InChI=1S/C11H15N3O/c1-14-3-2-8(13-14)5-10(15)11-7-4-9(11)12-6-7/h2-3,7,9,11-12H,4-6H2,1H3. The smallest absolute Gasteiger partial charge is 0.143 e. The van der Waals surface area contributed by atoms with Crippen molar-refractivity contribution in [2.45, 2.75) is 18.9 Å². The van der Waals surface area contributed by atoms with Gasteiger partial charge in [0.2, 0.25) is 0 Å². The lowest BCUT2D eigenvalue weighted by Gasteiger charge is -2.32. The first-order valence-electron chi connectivity index (χ1n) is 5.48. The maximum atomic E-state index is 12.0. The SMILES string of the molecule is Cn1ccc(CC(=O)C2C3CNC2C3)n1. The summed E-state index contributed by atoms with van der Waals surface area (Å²) in [6.07, 6.45) is 3.58. The Morgan fingerprint density at radius 1 is 1.73 bits per heavy atom. The molecule has 1 aromatic rings. The van der Waals surface area contributed by atoms with Crippen molar-refractivity contribution in [1.82, 2.24) is 15.1 Å². The Balaban J connectivity index is 1.66. The molecule has 15 heavy (non-hydrogen) atoms. The molecule has 0 spiro atoms. The Hall–Kier alpha value is -1.16. The molecule has 1 N–H and O–H groups in total. The molecule has 3 unspecified atom stereocenters. The Kier molecular flexibility index (Phi) is 1.92. The molecule has 2 aliphatic heterocycles. The second kappa shape index (κ2) is 3.17. The number of hydrogen-bond acceptors (Lipinski definition) is 3. The number of hydrogen-bond donors (Lipinski definition) is 1. The minimum atomic E-state index is 0.270. The van der Waals surface area contributed by atoms with E-state index in [1.807, 2.05) is 19.3 Å². The highest BCUT2D eigenvalue weighted by Crippen LogP contribution is 2.40. The van der Waals surface area contributed by atoms with Crippen LogP contribution in [-0.2, 0) is 18.3 Å². The number of ketones is 1. The van der Waals surface area contributed by atoms with Crippen molar-refractivity contribution in [2.24, 2.45) is 18.9 Å².